The number of aryl methyl sites for hydroxylation is 1. The van der Waals surface area contributed by atoms with Gasteiger partial charge < -0.3 is 4.90 Å². The van der Waals surface area contributed by atoms with Crippen molar-refractivity contribution in [1.82, 2.24) is 29.3 Å². The number of aromatic nitrogens is 3. The maximum atomic E-state index is 11.9. The molecule has 3 heterocycles. The summed E-state index contributed by atoms with van der Waals surface area (Å²) in [7, 11) is 1.48. The van der Waals surface area contributed by atoms with E-state index in [1.54, 1.807) is 0 Å². The summed E-state index contributed by atoms with van der Waals surface area (Å²) in [5, 5.41) is 8.40. The lowest BCUT2D eigenvalue weighted by Crippen LogP contribution is -2.53. The first kappa shape index (κ1) is 17.6. The molecule has 0 bridgehead atoms. The topological polar surface area (TPSA) is 79.0 Å². The largest absolute Gasteiger partial charge is 0.347 e. The van der Waals surface area contributed by atoms with Crippen molar-refractivity contribution < 1.29 is 0 Å². The van der Waals surface area contributed by atoms with E-state index in [1.165, 1.54) is 17.9 Å². The summed E-state index contributed by atoms with van der Waals surface area (Å²) in [4.78, 5) is 29.8. The molecule has 1 aromatic heterocycles. The molecule has 2 aliphatic rings. The van der Waals surface area contributed by atoms with Crippen LogP contribution in [0.1, 0.15) is 12.8 Å². The number of hydrogen-bond acceptors (Lipinski definition) is 7. The number of hydrogen-bond donors (Lipinski definition) is 0. The smallest absolute Gasteiger partial charge is 0.301 e. The van der Waals surface area contributed by atoms with E-state index in [0.29, 0.717) is 6.54 Å². The number of aliphatic imine (C=N–C) groups is 1. The standard InChI is InChI=1S/C16H25N7O2/c1-19-15(24)13-18-23(16(19)25)8-3-2-6-20-9-11-21(12-10-20)22-7-4-5-17-14-22/h4-5,13-14H,2-3,6-12H2,1H3. The second kappa shape index (κ2) is 8.21. The van der Waals surface area contributed by atoms with Crippen molar-refractivity contribution in [3.63, 3.8) is 0 Å². The Hall–Kier alpha value is -2.26. The van der Waals surface area contributed by atoms with E-state index >= 15 is 0 Å². The van der Waals surface area contributed by atoms with Crippen LogP contribution in [-0.4, -0.2) is 74.9 Å². The second-order valence-electron chi connectivity index (χ2n) is 6.32. The van der Waals surface area contributed by atoms with Crippen LogP contribution in [0.25, 0.3) is 0 Å². The Morgan fingerprint density at radius 2 is 1.84 bits per heavy atom. The maximum absolute atomic E-state index is 11.9. The third-order valence-corrected chi connectivity index (χ3v) is 4.64. The summed E-state index contributed by atoms with van der Waals surface area (Å²) in [6.07, 6.45) is 8.84. The van der Waals surface area contributed by atoms with E-state index in [1.807, 2.05) is 12.5 Å². The average molecular weight is 347 g/mol. The van der Waals surface area contributed by atoms with Gasteiger partial charge >= 0.3 is 5.69 Å². The maximum Gasteiger partial charge on any atom is 0.347 e. The molecule has 0 aliphatic carbocycles. The summed E-state index contributed by atoms with van der Waals surface area (Å²) >= 11 is 0. The van der Waals surface area contributed by atoms with Crippen LogP contribution < -0.4 is 11.2 Å². The minimum absolute atomic E-state index is 0.349. The molecule has 1 saturated heterocycles. The van der Waals surface area contributed by atoms with Gasteiger partial charge in [-0.2, -0.15) is 5.10 Å². The molecular formula is C16H25N7O2. The highest BCUT2D eigenvalue weighted by Gasteiger charge is 2.20. The Bertz CT molecular complexity index is 744. The van der Waals surface area contributed by atoms with Gasteiger partial charge in [0, 0.05) is 46.0 Å². The first-order valence-electron chi connectivity index (χ1n) is 8.70. The zero-order valence-electron chi connectivity index (χ0n) is 14.6. The molecule has 0 N–H and O–H groups in total. The average Bonchev–Trinajstić information content (AvgIpc) is 2.66. The monoisotopic (exact) mass is 347 g/mol. The van der Waals surface area contributed by atoms with Crippen molar-refractivity contribution in [2.24, 2.45) is 12.0 Å². The zero-order chi connectivity index (χ0) is 17.6. The van der Waals surface area contributed by atoms with E-state index in [4.69, 9.17) is 0 Å². The Kier molecular flexibility index (Phi) is 5.77. The predicted octanol–water partition coefficient (Wildman–Crippen LogP) is -0.888. The molecular weight excluding hydrogens is 322 g/mol. The van der Waals surface area contributed by atoms with E-state index in [2.05, 4.69) is 31.1 Å². The fraction of sp³-hybridized carbons (Fsp3) is 0.625. The first-order valence-corrected chi connectivity index (χ1v) is 8.70. The minimum atomic E-state index is -0.367. The molecule has 9 nitrogen and oxygen atoms in total. The predicted molar refractivity (Wildman–Crippen MR) is 95.3 cm³/mol. The van der Waals surface area contributed by atoms with Gasteiger partial charge in [0.05, 0.1) is 6.54 Å². The lowest BCUT2D eigenvalue weighted by Gasteiger charge is -2.40. The lowest BCUT2D eigenvalue weighted by atomic mass is 10.2. The molecule has 0 saturated carbocycles. The molecule has 25 heavy (non-hydrogen) atoms. The molecule has 0 aromatic carbocycles. The van der Waals surface area contributed by atoms with Crippen molar-refractivity contribution in [3.8, 4) is 0 Å². The van der Waals surface area contributed by atoms with Crippen LogP contribution in [0, 0.1) is 0 Å². The number of piperazine rings is 1. The summed E-state index contributed by atoms with van der Waals surface area (Å²) in [5.74, 6) is 0. The van der Waals surface area contributed by atoms with Crippen LogP contribution in [-0.2, 0) is 13.6 Å². The van der Waals surface area contributed by atoms with Crippen LogP contribution in [0.15, 0.2) is 33.1 Å². The minimum Gasteiger partial charge on any atom is -0.301 e. The van der Waals surface area contributed by atoms with E-state index < -0.39 is 0 Å². The molecule has 0 radical (unpaired) electrons. The van der Waals surface area contributed by atoms with Gasteiger partial charge in [-0.1, -0.05) is 0 Å². The molecule has 0 unspecified atom stereocenters. The highest BCUT2D eigenvalue weighted by atomic mass is 16.2. The van der Waals surface area contributed by atoms with Gasteiger partial charge in [0.1, 0.15) is 12.5 Å². The highest BCUT2D eigenvalue weighted by molar-refractivity contribution is 5.56. The normalized spacial score (nSPS) is 18.8. The number of nitrogens with zero attached hydrogens (tertiary/aromatic N) is 7. The van der Waals surface area contributed by atoms with Gasteiger partial charge in [-0.25, -0.2) is 19.5 Å². The first-order chi connectivity index (χ1) is 12.1. The Morgan fingerprint density at radius 3 is 2.56 bits per heavy atom. The molecule has 1 fully saturated rings. The summed E-state index contributed by atoms with van der Waals surface area (Å²) in [5.41, 5.74) is -0.716. The van der Waals surface area contributed by atoms with Gasteiger partial charge in [0.2, 0.25) is 0 Å². The molecule has 2 aliphatic heterocycles. The molecule has 1 aromatic rings. The summed E-state index contributed by atoms with van der Waals surface area (Å²) in [6, 6.07) is 0. The molecule has 3 rings (SSSR count). The van der Waals surface area contributed by atoms with Gasteiger partial charge in [0.15, 0.2) is 0 Å². The van der Waals surface area contributed by atoms with Crippen molar-refractivity contribution in [2.75, 3.05) is 39.3 Å². The van der Waals surface area contributed by atoms with E-state index in [0.717, 1.165) is 56.7 Å². The van der Waals surface area contributed by atoms with Crippen LogP contribution >= 0.6 is 0 Å². The van der Waals surface area contributed by atoms with Crippen molar-refractivity contribution >= 4 is 6.34 Å². The number of rotatable bonds is 6. The van der Waals surface area contributed by atoms with Crippen molar-refractivity contribution in [1.29, 1.82) is 0 Å². The highest BCUT2D eigenvalue weighted by Crippen LogP contribution is 2.07. The van der Waals surface area contributed by atoms with Crippen LogP contribution in [0.4, 0.5) is 0 Å². The Labute approximate surface area is 146 Å². The van der Waals surface area contributed by atoms with E-state index in [9.17, 15) is 9.59 Å². The van der Waals surface area contributed by atoms with E-state index in [-0.39, 0.29) is 11.2 Å². The van der Waals surface area contributed by atoms with Crippen LogP contribution in [0.2, 0.25) is 0 Å². The molecule has 9 heteroatoms. The fourth-order valence-electron chi connectivity index (χ4n) is 3.06. The summed E-state index contributed by atoms with van der Waals surface area (Å²) in [6.45, 7) is 6.53. The van der Waals surface area contributed by atoms with Crippen molar-refractivity contribution in [2.45, 2.75) is 19.4 Å². The number of unbranched alkanes of at least 4 members (excludes halogenated alkanes) is 1. The molecule has 0 spiro atoms. The van der Waals surface area contributed by atoms with Gasteiger partial charge in [0.25, 0.3) is 5.56 Å². The Balaban J connectivity index is 1.37. The molecule has 136 valence electrons. The second-order valence-corrected chi connectivity index (χ2v) is 6.32. The Morgan fingerprint density at radius 1 is 1.08 bits per heavy atom. The van der Waals surface area contributed by atoms with Crippen LogP contribution in [0.3, 0.4) is 0 Å². The third-order valence-electron chi connectivity index (χ3n) is 4.64. The fourth-order valence-corrected chi connectivity index (χ4v) is 3.06. The zero-order valence-corrected chi connectivity index (χ0v) is 14.6. The molecule has 0 amide bonds. The van der Waals surface area contributed by atoms with Gasteiger partial charge in [-0.3, -0.25) is 14.4 Å². The SMILES string of the molecule is Cn1c(=O)cnn(CCCCN2CCN(N3C=NC=CC3)CC2)c1=O. The van der Waals surface area contributed by atoms with Crippen molar-refractivity contribution in [3.05, 3.63) is 39.3 Å². The van der Waals surface area contributed by atoms with Crippen LogP contribution in [0.5, 0.6) is 0 Å². The third kappa shape index (κ3) is 4.43. The molecule has 0 atom stereocenters. The van der Waals surface area contributed by atoms with Gasteiger partial charge in [-0.15, -0.1) is 0 Å². The number of hydrazine groups is 1. The lowest BCUT2D eigenvalue weighted by molar-refractivity contribution is 0.00644. The quantitative estimate of drug-likeness (QED) is 0.622. The van der Waals surface area contributed by atoms with Gasteiger partial charge in [-0.05, 0) is 25.5 Å². The summed E-state index contributed by atoms with van der Waals surface area (Å²) < 4.78 is 2.45.